The van der Waals surface area contributed by atoms with Gasteiger partial charge in [0.1, 0.15) is 5.78 Å². The molecule has 0 radical (unpaired) electrons. The topological polar surface area (TPSA) is 43.4 Å². The smallest absolute Gasteiger partial charge is 0.305 e. The van der Waals surface area contributed by atoms with Gasteiger partial charge in [-0.2, -0.15) is 0 Å². The van der Waals surface area contributed by atoms with Crippen LogP contribution in [0.4, 0.5) is 0 Å². The third-order valence-electron chi connectivity index (χ3n) is 5.62. The monoisotopic (exact) mass is 352 g/mol. The molecule has 0 aromatic rings. The highest BCUT2D eigenvalue weighted by molar-refractivity contribution is 5.83. The number of Topliss-reactive ketones (excluding diaryl/α,β-unsaturated/α-hetero) is 1. The Morgan fingerprint density at radius 3 is 2.28 bits per heavy atom. The molecule has 0 unspecified atom stereocenters. The van der Waals surface area contributed by atoms with E-state index in [0.717, 1.165) is 44.9 Å². The van der Waals surface area contributed by atoms with Crippen LogP contribution in [-0.2, 0) is 14.3 Å². The molecule has 1 fully saturated rings. The summed E-state index contributed by atoms with van der Waals surface area (Å²) in [7, 11) is 0. The number of unbranched alkanes of at least 4 members (excludes halogenated alkanes) is 8. The maximum absolute atomic E-state index is 12.2. The fourth-order valence-electron chi connectivity index (χ4n) is 4.13. The number of carbonyl (C=O) groups is 2. The zero-order chi connectivity index (χ0) is 18.3. The van der Waals surface area contributed by atoms with Gasteiger partial charge in [0.05, 0.1) is 6.61 Å². The first kappa shape index (κ1) is 22.2. The fourth-order valence-corrected chi connectivity index (χ4v) is 4.13. The highest BCUT2D eigenvalue weighted by Crippen LogP contribution is 2.36. The third kappa shape index (κ3) is 10.0. The van der Waals surface area contributed by atoms with Crippen molar-refractivity contribution in [2.45, 2.75) is 110 Å². The second-order valence-corrected chi connectivity index (χ2v) is 7.69. The summed E-state index contributed by atoms with van der Waals surface area (Å²) in [6.07, 6.45) is 17.1. The molecule has 0 aromatic heterocycles. The first-order valence-corrected chi connectivity index (χ1v) is 10.9. The molecular formula is C22H40O3. The number of ether oxygens (including phenoxy) is 1. The normalized spacial score (nSPS) is 20.2. The van der Waals surface area contributed by atoms with Crippen LogP contribution in [0.3, 0.4) is 0 Å². The molecule has 25 heavy (non-hydrogen) atoms. The van der Waals surface area contributed by atoms with Crippen LogP contribution in [0, 0.1) is 11.8 Å². The van der Waals surface area contributed by atoms with Crippen molar-refractivity contribution in [2.24, 2.45) is 11.8 Å². The van der Waals surface area contributed by atoms with E-state index in [0.29, 0.717) is 30.6 Å². The average Bonchev–Trinajstić information content (AvgIpc) is 2.94. The highest BCUT2D eigenvalue weighted by atomic mass is 16.5. The van der Waals surface area contributed by atoms with Crippen molar-refractivity contribution in [3.05, 3.63) is 0 Å². The predicted molar refractivity (Wildman–Crippen MR) is 104 cm³/mol. The molecule has 0 aliphatic heterocycles. The standard InChI is InChI=1S/C22H40O3/c1-3-5-6-7-8-11-14-19-17-18-21(23)20(19)15-12-9-10-13-16-22(24)25-4-2/h19-20H,3-18H2,1-2H3/t19-,20+/m0/s1. The molecule has 0 aromatic carbocycles. The Labute approximate surface area is 155 Å². The van der Waals surface area contributed by atoms with E-state index >= 15 is 0 Å². The van der Waals surface area contributed by atoms with Crippen LogP contribution in [0.15, 0.2) is 0 Å². The third-order valence-corrected chi connectivity index (χ3v) is 5.62. The minimum absolute atomic E-state index is 0.0764. The summed E-state index contributed by atoms with van der Waals surface area (Å²) in [5.41, 5.74) is 0. The lowest BCUT2D eigenvalue weighted by Gasteiger charge is -2.18. The molecule has 2 atom stereocenters. The van der Waals surface area contributed by atoms with E-state index in [2.05, 4.69) is 6.92 Å². The van der Waals surface area contributed by atoms with Crippen LogP contribution in [-0.4, -0.2) is 18.4 Å². The van der Waals surface area contributed by atoms with Gasteiger partial charge in [-0.25, -0.2) is 0 Å². The second-order valence-electron chi connectivity index (χ2n) is 7.69. The molecule has 0 spiro atoms. The number of hydrogen-bond acceptors (Lipinski definition) is 3. The van der Waals surface area contributed by atoms with Crippen molar-refractivity contribution in [1.29, 1.82) is 0 Å². The van der Waals surface area contributed by atoms with E-state index in [9.17, 15) is 9.59 Å². The zero-order valence-corrected chi connectivity index (χ0v) is 16.7. The SMILES string of the molecule is CCCCCCCC[C@H]1CCC(=O)[C@@H]1CCCCCCC(=O)OCC. The molecule has 1 aliphatic rings. The lowest BCUT2D eigenvalue weighted by atomic mass is 9.86. The second kappa shape index (κ2) is 14.3. The Hall–Kier alpha value is -0.860. The molecule has 1 aliphatic carbocycles. The van der Waals surface area contributed by atoms with Crippen LogP contribution < -0.4 is 0 Å². The fraction of sp³-hybridized carbons (Fsp3) is 0.909. The van der Waals surface area contributed by atoms with Gasteiger partial charge in [-0.3, -0.25) is 9.59 Å². The Balaban J connectivity index is 2.09. The van der Waals surface area contributed by atoms with Gasteiger partial charge < -0.3 is 4.74 Å². The zero-order valence-electron chi connectivity index (χ0n) is 16.7. The van der Waals surface area contributed by atoms with Crippen molar-refractivity contribution in [1.82, 2.24) is 0 Å². The van der Waals surface area contributed by atoms with Gasteiger partial charge in [0.2, 0.25) is 0 Å². The molecule has 1 rings (SSSR count). The van der Waals surface area contributed by atoms with Crippen LogP contribution in [0.1, 0.15) is 110 Å². The summed E-state index contributed by atoms with van der Waals surface area (Å²) in [5, 5.41) is 0. The summed E-state index contributed by atoms with van der Waals surface area (Å²) in [6.45, 7) is 4.58. The van der Waals surface area contributed by atoms with Gasteiger partial charge in [0.15, 0.2) is 0 Å². The summed E-state index contributed by atoms with van der Waals surface area (Å²) < 4.78 is 4.94. The molecule has 0 bridgehead atoms. The quantitative estimate of drug-likeness (QED) is 0.259. The molecule has 146 valence electrons. The Morgan fingerprint density at radius 1 is 0.920 bits per heavy atom. The molecular weight excluding hydrogens is 312 g/mol. The molecule has 0 heterocycles. The van der Waals surface area contributed by atoms with Crippen molar-refractivity contribution >= 4 is 11.8 Å². The van der Waals surface area contributed by atoms with Crippen molar-refractivity contribution in [3.63, 3.8) is 0 Å². The van der Waals surface area contributed by atoms with Gasteiger partial charge in [-0.1, -0.05) is 64.7 Å². The summed E-state index contributed by atoms with van der Waals surface area (Å²) in [6, 6.07) is 0. The Bertz CT molecular complexity index is 364. The molecule has 3 heteroatoms. The van der Waals surface area contributed by atoms with E-state index in [1.165, 1.54) is 44.9 Å². The Morgan fingerprint density at radius 2 is 1.56 bits per heavy atom. The van der Waals surface area contributed by atoms with Crippen LogP contribution in [0.5, 0.6) is 0 Å². The summed E-state index contributed by atoms with van der Waals surface area (Å²) in [5.74, 6) is 1.42. The first-order chi connectivity index (χ1) is 12.2. The molecule has 0 N–H and O–H groups in total. The van der Waals surface area contributed by atoms with Gasteiger partial charge in [-0.05, 0) is 38.5 Å². The van der Waals surface area contributed by atoms with Crippen molar-refractivity contribution < 1.29 is 14.3 Å². The van der Waals surface area contributed by atoms with Crippen molar-refractivity contribution in [3.8, 4) is 0 Å². The first-order valence-electron chi connectivity index (χ1n) is 10.9. The highest BCUT2D eigenvalue weighted by Gasteiger charge is 2.33. The molecule has 3 nitrogen and oxygen atoms in total. The van der Waals surface area contributed by atoms with Gasteiger partial charge in [0.25, 0.3) is 0 Å². The lowest BCUT2D eigenvalue weighted by Crippen LogP contribution is -2.15. The Kier molecular flexibility index (Phi) is 12.7. The minimum Gasteiger partial charge on any atom is -0.466 e. The number of ketones is 1. The van der Waals surface area contributed by atoms with Gasteiger partial charge in [0, 0.05) is 18.8 Å². The van der Waals surface area contributed by atoms with E-state index in [-0.39, 0.29) is 5.97 Å². The number of carbonyl (C=O) groups excluding carboxylic acids is 2. The van der Waals surface area contributed by atoms with Crippen LogP contribution in [0.25, 0.3) is 0 Å². The summed E-state index contributed by atoms with van der Waals surface area (Å²) in [4.78, 5) is 23.5. The average molecular weight is 353 g/mol. The summed E-state index contributed by atoms with van der Waals surface area (Å²) >= 11 is 0. The van der Waals surface area contributed by atoms with E-state index in [1.54, 1.807) is 0 Å². The van der Waals surface area contributed by atoms with Gasteiger partial charge in [-0.15, -0.1) is 0 Å². The maximum Gasteiger partial charge on any atom is 0.305 e. The van der Waals surface area contributed by atoms with Gasteiger partial charge >= 0.3 is 5.97 Å². The van der Waals surface area contributed by atoms with E-state index in [4.69, 9.17) is 4.74 Å². The van der Waals surface area contributed by atoms with E-state index < -0.39 is 0 Å². The van der Waals surface area contributed by atoms with Crippen LogP contribution in [0.2, 0.25) is 0 Å². The number of rotatable bonds is 15. The molecule has 0 amide bonds. The van der Waals surface area contributed by atoms with Crippen molar-refractivity contribution in [2.75, 3.05) is 6.61 Å². The predicted octanol–water partition coefficient (Wildman–Crippen LogP) is 6.24. The minimum atomic E-state index is -0.0764. The molecule has 1 saturated carbocycles. The number of hydrogen-bond donors (Lipinski definition) is 0. The largest absolute Gasteiger partial charge is 0.466 e. The lowest BCUT2D eigenvalue weighted by molar-refractivity contribution is -0.143. The maximum atomic E-state index is 12.2. The van der Waals surface area contributed by atoms with Crippen LogP contribution >= 0.6 is 0 Å². The molecule has 0 saturated heterocycles. The van der Waals surface area contributed by atoms with E-state index in [1.807, 2.05) is 6.92 Å². The number of esters is 1.